The number of benzene rings is 1. The molecule has 0 aliphatic heterocycles. The van der Waals surface area contributed by atoms with Gasteiger partial charge in [0.05, 0.1) is 13.2 Å². The van der Waals surface area contributed by atoms with Crippen molar-refractivity contribution in [2.24, 2.45) is 10.9 Å². The van der Waals surface area contributed by atoms with Gasteiger partial charge in [0.15, 0.2) is 5.84 Å². The minimum Gasteiger partial charge on any atom is -0.496 e. The summed E-state index contributed by atoms with van der Waals surface area (Å²) < 4.78 is 18.5. The second-order valence-corrected chi connectivity index (χ2v) is 3.54. The summed E-state index contributed by atoms with van der Waals surface area (Å²) in [4.78, 5) is 11.9. The van der Waals surface area contributed by atoms with Crippen LogP contribution in [-0.4, -0.2) is 30.1 Å². The van der Waals surface area contributed by atoms with E-state index in [-0.39, 0.29) is 17.1 Å². The molecule has 1 unspecified atom stereocenters. The summed E-state index contributed by atoms with van der Waals surface area (Å²) in [7, 11) is 1.33. The molecule has 6 nitrogen and oxygen atoms in total. The van der Waals surface area contributed by atoms with Gasteiger partial charge in [-0.05, 0) is 19.1 Å². The van der Waals surface area contributed by atoms with E-state index in [0.717, 1.165) is 6.07 Å². The molecule has 1 aromatic rings. The summed E-state index contributed by atoms with van der Waals surface area (Å²) >= 11 is 0. The third-order valence-electron chi connectivity index (χ3n) is 2.33. The molecule has 1 aromatic carbocycles. The van der Waals surface area contributed by atoms with Crippen LogP contribution in [0.15, 0.2) is 23.4 Å². The monoisotopic (exact) mass is 255 g/mol. The topological polar surface area (TPSA) is 96.9 Å². The maximum absolute atomic E-state index is 13.6. The minimum absolute atomic E-state index is 0.110. The Morgan fingerprint density at radius 2 is 2.28 bits per heavy atom. The number of rotatable bonds is 4. The number of nitrogens with two attached hydrogens (primary N) is 1. The Labute approximate surface area is 103 Å². The highest BCUT2D eigenvalue weighted by Crippen LogP contribution is 2.20. The van der Waals surface area contributed by atoms with E-state index in [2.05, 4.69) is 10.5 Å². The Morgan fingerprint density at radius 1 is 1.61 bits per heavy atom. The lowest BCUT2D eigenvalue weighted by Gasteiger charge is -2.14. The number of carbonyl (C=O) groups excluding carboxylic acids is 1. The van der Waals surface area contributed by atoms with E-state index < -0.39 is 17.8 Å². The van der Waals surface area contributed by atoms with Gasteiger partial charge in [0.1, 0.15) is 17.1 Å². The Hall–Kier alpha value is -2.31. The van der Waals surface area contributed by atoms with Gasteiger partial charge in [-0.2, -0.15) is 0 Å². The standard InChI is InChI=1S/C11H14FN3O3/c1-6(10(13)15-17)14-11(16)9-7(12)4-3-5-8(9)18-2/h3-6,17H,1-2H3,(H2,13,15)(H,14,16). The molecule has 4 N–H and O–H groups in total. The zero-order chi connectivity index (χ0) is 13.7. The Bertz CT molecular complexity index is 477. The number of carbonyl (C=O) groups is 1. The van der Waals surface area contributed by atoms with Crippen LogP contribution in [0.4, 0.5) is 4.39 Å². The Kier molecular flexibility index (Phi) is 4.47. The molecule has 0 spiro atoms. The molecule has 18 heavy (non-hydrogen) atoms. The summed E-state index contributed by atoms with van der Waals surface area (Å²) in [6.45, 7) is 1.50. The van der Waals surface area contributed by atoms with Gasteiger partial charge in [-0.1, -0.05) is 11.2 Å². The van der Waals surface area contributed by atoms with Crippen LogP contribution >= 0.6 is 0 Å². The molecule has 1 atom stereocenters. The molecular formula is C11H14FN3O3. The number of nitrogens with one attached hydrogen (secondary N) is 1. The van der Waals surface area contributed by atoms with Gasteiger partial charge in [0.2, 0.25) is 0 Å². The molecule has 0 radical (unpaired) electrons. The highest BCUT2D eigenvalue weighted by atomic mass is 19.1. The largest absolute Gasteiger partial charge is 0.496 e. The van der Waals surface area contributed by atoms with Crippen LogP contribution in [-0.2, 0) is 0 Å². The number of oxime groups is 1. The molecule has 7 heteroatoms. The van der Waals surface area contributed by atoms with Gasteiger partial charge in [0, 0.05) is 0 Å². The molecule has 0 fully saturated rings. The van der Waals surface area contributed by atoms with Gasteiger partial charge in [0.25, 0.3) is 5.91 Å². The third-order valence-corrected chi connectivity index (χ3v) is 2.33. The van der Waals surface area contributed by atoms with Gasteiger partial charge in [-0.15, -0.1) is 0 Å². The first-order valence-corrected chi connectivity index (χ1v) is 5.12. The number of hydrogen-bond acceptors (Lipinski definition) is 4. The third kappa shape index (κ3) is 2.88. The van der Waals surface area contributed by atoms with Gasteiger partial charge < -0.3 is 21.0 Å². The Morgan fingerprint density at radius 3 is 2.83 bits per heavy atom. The molecule has 1 amide bonds. The average molecular weight is 255 g/mol. The Balaban J connectivity index is 2.98. The van der Waals surface area contributed by atoms with Crippen LogP contribution in [0.25, 0.3) is 0 Å². The predicted octanol–water partition coefficient (Wildman–Crippen LogP) is 0.699. The number of amidine groups is 1. The first-order chi connectivity index (χ1) is 8.51. The number of nitrogens with zero attached hydrogens (tertiary/aromatic N) is 1. The molecular weight excluding hydrogens is 241 g/mol. The molecule has 0 bridgehead atoms. The molecule has 0 aliphatic carbocycles. The SMILES string of the molecule is COc1cccc(F)c1C(=O)NC(C)C(N)=NO. The summed E-state index contributed by atoms with van der Waals surface area (Å²) in [5, 5.41) is 13.6. The second-order valence-electron chi connectivity index (χ2n) is 3.54. The van der Waals surface area contributed by atoms with Crippen molar-refractivity contribution in [3.8, 4) is 5.75 Å². The normalized spacial score (nSPS) is 12.9. The van der Waals surface area contributed by atoms with E-state index in [1.54, 1.807) is 0 Å². The van der Waals surface area contributed by atoms with Crippen LogP contribution in [0.2, 0.25) is 0 Å². The lowest BCUT2D eigenvalue weighted by atomic mass is 10.1. The van der Waals surface area contributed by atoms with Gasteiger partial charge >= 0.3 is 0 Å². The van der Waals surface area contributed by atoms with Gasteiger partial charge in [-0.25, -0.2) is 4.39 Å². The van der Waals surface area contributed by atoms with Crippen molar-refractivity contribution in [3.05, 3.63) is 29.6 Å². The zero-order valence-corrected chi connectivity index (χ0v) is 9.98. The molecule has 98 valence electrons. The maximum Gasteiger partial charge on any atom is 0.258 e. The van der Waals surface area contributed by atoms with Crippen LogP contribution < -0.4 is 15.8 Å². The van der Waals surface area contributed by atoms with Gasteiger partial charge in [-0.3, -0.25) is 4.79 Å². The summed E-state index contributed by atoms with van der Waals surface area (Å²) in [5.74, 6) is -1.49. The zero-order valence-electron chi connectivity index (χ0n) is 9.98. The summed E-state index contributed by atoms with van der Waals surface area (Å²) in [5.41, 5.74) is 5.09. The van der Waals surface area contributed by atoms with Crippen LogP contribution in [0.3, 0.4) is 0 Å². The van der Waals surface area contributed by atoms with E-state index in [0.29, 0.717) is 0 Å². The quantitative estimate of drug-likeness (QED) is 0.319. The lowest BCUT2D eigenvalue weighted by Crippen LogP contribution is -2.42. The maximum atomic E-state index is 13.6. The van der Waals surface area contributed by atoms with Crippen molar-refractivity contribution in [2.75, 3.05) is 7.11 Å². The number of methoxy groups -OCH3 is 1. The molecule has 0 saturated heterocycles. The molecule has 0 saturated carbocycles. The van der Waals surface area contributed by atoms with Crippen molar-refractivity contribution in [2.45, 2.75) is 13.0 Å². The lowest BCUT2D eigenvalue weighted by molar-refractivity contribution is 0.0941. The summed E-state index contributed by atoms with van der Waals surface area (Å²) in [6.07, 6.45) is 0. The number of halogens is 1. The fraction of sp³-hybridized carbons (Fsp3) is 0.273. The highest BCUT2D eigenvalue weighted by Gasteiger charge is 2.20. The molecule has 0 aliphatic rings. The van der Waals surface area contributed by atoms with E-state index in [1.807, 2.05) is 0 Å². The number of hydrogen-bond donors (Lipinski definition) is 3. The molecule has 0 heterocycles. The molecule has 0 aromatic heterocycles. The smallest absolute Gasteiger partial charge is 0.258 e. The van der Waals surface area contributed by atoms with E-state index >= 15 is 0 Å². The van der Waals surface area contributed by atoms with Crippen molar-refractivity contribution in [1.29, 1.82) is 0 Å². The van der Waals surface area contributed by atoms with Crippen LogP contribution in [0.1, 0.15) is 17.3 Å². The van der Waals surface area contributed by atoms with E-state index in [4.69, 9.17) is 15.7 Å². The number of amides is 1. The van der Waals surface area contributed by atoms with Crippen LogP contribution in [0, 0.1) is 5.82 Å². The number of ether oxygens (including phenoxy) is 1. The van der Waals surface area contributed by atoms with Crippen LogP contribution in [0.5, 0.6) is 5.75 Å². The highest BCUT2D eigenvalue weighted by molar-refractivity contribution is 6.00. The van der Waals surface area contributed by atoms with Crippen molar-refractivity contribution >= 4 is 11.7 Å². The average Bonchev–Trinajstić information content (AvgIpc) is 2.36. The predicted molar refractivity (Wildman–Crippen MR) is 63.3 cm³/mol. The fourth-order valence-corrected chi connectivity index (χ4v) is 1.32. The van der Waals surface area contributed by atoms with E-state index in [1.165, 1.54) is 26.2 Å². The first kappa shape index (κ1) is 13.8. The van der Waals surface area contributed by atoms with Crippen molar-refractivity contribution < 1.29 is 19.1 Å². The fourth-order valence-electron chi connectivity index (χ4n) is 1.32. The van der Waals surface area contributed by atoms with Crippen molar-refractivity contribution in [3.63, 3.8) is 0 Å². The summed E-state index contributed by atoms with van der Waals surface area (Å²) in [6, 6.07) is 3.31. The molecule has 1 rings (SSSR count). The van der Waals surface area contributed by atoms with Crippen molar-refractivity contribution in [1.82, 2.24) is 5.32 Å². The van der Waals surface area contributed by atoms with E-state index in [9.17, 15) is 9.18 Å². The minimum atomic E-state index is -0.730. The second kappa shape index (κ2) is 5.85. The first-order valence-electron chi connectivity index (χ1n) is 5.12.